The molecule has 1 atom stereocenters. The molecule has 2 rings (SSSR count). The Balaban J connectivity index is 2.00. The van der Waals surface area contributed by atoms with Crippen molar-refractivity contribution in [2.45, 2.75) is 25.8 Å². The van der Waals surface area contributed by atoms with Crippen LogP contribution in [0.3, 0.4) is 0 Å². The predicted octanol–water partition coefficient (Wildman–Crippen LogP) is 3.07. The molecule has 0 saturated carbocycles. The Morgan fingerprint density at radius 1 is 0.895 bits per heavy atom. The van der Waals surface area contributed by atoms with E-state index in [0.29, 0.717) is 11.8 Å². The maximum atomic E-state index is 9.29. The summed E-state index contributed by atoms with van der Waals surface area (Å²) in [6.07, 6.45) is 1.97. The molecule has 0 aliphatic rings. The molecule has 0 amide bonds. The summed E-state index contributed by atoms with van der Waals surface area (Å²) in [7, 11) is 2.00. The van der Waals surface area contributed by atoms with Crippen LogP contribution < -0.4 is 5.32 Å². The highest BCUT2D eigenvalue weighted by Crippen LogP contribution is 2.13. The van der Waals surface area contributed by atoms with Crippen molar-refractivity contribution in [2.75, 3.05) is 7.05 Å². The number of rotatable bonds is 5. The Morgan fingerprint density at radius 3 is 1.84 bits per heavy atom. The van der Waals surface area contributed by atoms with Gasteiger partial charge in [0, 0.05) is 6.04 Å². The molecule has 19 heavy (non-hydrogen) atoms. The quantitative estimate of drug-likeness (QED) is 0.860. The van der Waals surface area contributed by atoms with Crippen molar-refractivity contribution < 1.29 is 5.11 Å². The van der Waals surface area contributed by atoms with Gasteiger partial charge in [-0.1, -0.05) is 42.0 Å². The smallest absolute Gasteiger partial charge is 0.115 e. The van der Waals surface area contributed by atoms with Crippen molar-refractivity contribution in [3.8, 4) is 5.75 Å². The van der Waals surface area contributed by atoms with Gasteiger partial charge in [-0.3, -0.25) is 0 Å². The fraction of sp³-hybridized carbons (Fsp3) is 0.294. The lowest BCUT2D eigenvalue weighted by Gasteiger charge is -2.16. The first kappa shape index (κ1) is 13.6. The second-order valence-corrected chi connectivity index (χ2v) is 5.05. The van der Waals surface area contributed by atoms with Crippen molar-refractivity contribution in [1.82, 2.24) is 5.32 Å². The van der Waals surface area contributed by atoms with Crippen molar-refractivity contribution >= 4 is 0 Å². The average molecular weight is 255 g/mol. The van der Waals surface area contributed by atoms with Gasteiger partial charge < -0.3 is 10.4 Å². The average Bonchev–Trinajstić information content (AvgIpc) is 2.43. The number of aromatic hydroxyl groups is 1. The van der Waals surface area contributed by atoms with Gasteiger partial charge in [0.2, 0.25) is 0 Å². The minimum Gasteiger partial charge on any atom is -0.508 e. The molecule has 2 aromatic carbocycles. The Morgan fingerprint density at radius 2 is 1.37 bits per heavy atom. The van der Waals surface area contributed by atoms with E-state index in [0.717, 1.165) is 12.8 Å². The maximum absolute atomic E-state index is 9.29. The Kier molecular flexibility index (Phi) is 4.58. The normalized spacial score (nSPS) is 12.3. The van der Waals surface area contributed by atoms with Crippen molar-refractivity contribution in [2.24, 2.45) is 0 Å². The SMILES string of the molecule is CNC(Cc1ccc(C)cc1)Cc1ccc(O)cc1. The summed E-state index contributed by atoms with van der Waals surface area (Å²) in [6, 6.07) is 16.6. The van der Waals surface area contributed by atoms with Crippen LogP contribution in [-0.4, -0.2) is 18.2 Å². The van der Waals surface area contributed by atoms with E-state index in [1.54, 1.807) is 12.1 Å². The Bertz CT molecular complexity index is 454. The van der Waals surface area contributed by atoms with E-state index >= 15 is 0 Å². The van der Waals surface area contributed by atoms with E-state index in [1.807, 2.05) is 19.2 Å². The monoisotopic (exact) mass is 255 g/mol. The summed E-state index contributed by atoms with van der Waals surface area (Å²) in [5, 5.41) is 12.7. The van der Waals surface area contributed by atoms with Crippen LogP contribution in [0.5, 0.6) is 5.75 Å². The third kappa shape index (κ3) is 4.11. The highest BCUT2D eigenvalue weighted by atomic mass is 16.3. The van der Waals surface area contributed by atoms with Gasteiger partial charge in [0.1, 0.15) is 5.75 Å². The maximum Gasteiger partial charge on any atom is 0.115 e. The molecule has 0 spiro atoms. The fourth-order valence-corrected chi connectivity index (χ4v) is 2.20. The summed E-state index contributed by atoms with van der Waals surface area (Å²) in [6.45, 7) is 2.11. The summed E-state index contributed by atoms with van der Waals surface area (Å²) < 4.78 is 0. The van der Waals surface area contributed by atoms with Gasteiger partial charge in [-0.05, 0) is 50.1 Å². The Labute approximate surface area is 115 Å². The first-order chi connectivity index (χ1) is 9.17. The zero-order chi connectivity index (χ0) is 13.7. The molecule has 1 unspecified atom stereocenters. The molecule has 0 saturated heterocycles. The van der Waals surface area contributed by atoms with E-state index in [4.69, 9.17) is 0 Å². The first-order valence-electron chi connectivity index (χ1n) is 6.68. The summed E-state index contributed by atoms with van der Waals surface area (Å²) in [5.74, 6) is 0.322. The topological polar surface area (TPSA) is 32.3 Å². The standard InChI is InChI=1S/C17H21NO/c1-13-3-5-14(6-4-13)11-16(18-2)12-15-7-9-17(19)10-8-15/h3-10,16,18-19H,11-12H2,1-2H3. The third-order valence-electron chi connectivity index (χ3n) is 3.43. The lowest BCUT2D eigenvalue weighted by molar-refractivity contribution is 0.474. The highest BCUT2D eigenvalue weighted by molar-refractivity contribution is 5.27. The third-order valence-corrected chi connectivity index (χ3v) is 3.43. The van der Waals surface area contributed by atoms with Crippen LogP contribution in [-0.2, 0) is 12.8 Å². The molecule has 0 aliphatic carbocycles. The number of phenols is 1. The number of phenolic OH excluding ortho intramolecular Hbond substituents is 1. The van der Waals surface area contributed by atoms with E-state index in [-0.39, 0.29) is 0 Å². The van der Waals surface area contributed by atoms with Crippen LogP contribution in [0.15, 0.2) is 48.5 Å². The van der Waals surface area contributed by atoms with Crippen LogP contribution in [0.1, 0.15) is 16.7 Å². The molecule has 100 valence electrons. The lowest BCUT2D eigenvalue weighted by atomic mass is 9.98. The number of nitrogens with one attached hydrogen (secondary N) is 1. The van der Waals surface area contributed by atoms with Crippen molar-refractivity contribution in [1.29, 1.82) is 0 Å². The molecule has 0 heterocycles. The molecule has 2 heteroatoms. The van der Waals surface area contributed by atoms with Crippen LogP contribution >= 0.6 is 0 Å². The molecular formula is C17H21NO. The van der Waals surface area contributed by atoms with E-state index in [1.165, 1.54) is 16.7 Å². The van der Waals surface area contributed by atoms with Gasteiger partial charge in [0.15, 0.2) is 0 Å². The van der Waals surface area contributed by atoms with Gasteiger partial charge in [0.05, 0.1) is 0 Å². The number of hydrogen-bond donors (Lipinski definition) is 2. The number of benzene rings is 2. The summed E-state index contributed by atoms with van der Waals surface area (Å²) in [5.41, 5.74) is 3.89. The van der Waals surface area contributed by atoms with Gasteiger partial charge in [-0.25, -0.2) is 0 Å². The van der Waals surface area contributed by atoms with E-state index in [2.05, 4.69) is 36.5 Å². The van der Waals surface area contributed by atoms with Crippen molar-refractivity contribution in [3.05, 3.63) is 65.2 Å². The zero-order valence-electron chi connectivity index (χ0n) is 11.6. The number of aryl methyl sites for hydroxylation is 1. The van der Waals surface area contributed by atoms with Gasteiger partial charge >= 0.3 is 0 Å². The van der Waals surface area contributed by atoms with E-state index in [9.17, 15) is 5.11 Å². The van der Waals surface area contributed by atoms with Crippen LogP contribution in [0.2, 0.25) is 0 Å². The molecule has 0 radical (unpaired) electrons. The number of likely N-dealkylation sites (N-methyl/N-ethyl adjacent to an activating group) is 1. The summed E-state index contributed by atoms with van der Waals surface area (Å²) >= 11 is 0. The molecule has 0 fully saturated rings. The summed E-state index contributed by atoms with van der Waals surface area (Å²) in [4.78, 5) is 0. The van der Waals surface area contributed by atoms with Crippen LogP contribution in [0, 0.1) is 6.92 Å². The first-order valence-corrected chi connectivity index (χ1v) is 6.68. The minimum absolute atomic E-state index is 0.322. The molecule has 0 aromatic heterocycles. The lowest BCUT2D eigenvalue weighted by Crippen LogP contribution is -2.29. The second-order valence-electron chi connectivity index (χ2n) is 5.05. The van der Waals surface area contributed by atoms with Gasteiger partial charge in [0.25, 0.3) is 0 Å². The molecule has 2 N–H and O–H groups in total. The van der Waals surface area contributed by atoms with Gasteiger partial charge in [-0.15, -0.1) is 0 Å². The van der Waals surface area contributed by atoms with Crippen LogP contribution in [0.25, 0.3) is 0 Å². The van der Waals surface area contributed by atoms with E-state index < -0.39 is 0 Å². The van der Waals surface area contributed by atoms with Crippen molar-refractivity contribution in [3.63, 3.8) is 0 Å². The number of hydrogen-bond acceptors (Lipinski definition) is 2. The largest absolute Gasteiger partial charge is 0.508 e. The zero-order valence-corrected chi connectivity index (χ0v) is 11.6. The predicted molar refractivity (Wildman–Crippen MR) is 79.5 cm³/mol. The molecule has 0 bridgehead atoms. The fourth-order valence-electron chi connectivity index (χ4n) is 2.20. The molecule has 2 nitrogen and oxygen atoms in total. The van der Waals surface area contributed by atoms with Gasteiger partial charge in [-0.2, -0.15) is 0 Å². The molecule has 2 aromatic rings. The highest BCUT2D eigenvalue weighted by Gasteiger charge is 2.08. The van der Waals surface area contributed by atoms with Crippen LogP contribution in [0.4, 0.5) is 0 Å². The Hall–Kier alpha value is -1.80. The minimum atomic E-state index is 0.322. The second kappa shape index (κ2) is 6.39. The molecular weight excluding hydrogens is 234 g/mol. The molecule has 0 aliphatic heterocycles.